The van der Waals surface area contributed by atoms with Crippen molar-refractivity contribution >= 4 is 63.2 Å². The van der Waals surface area contributed by atoms with Crippen LogP contribution in [0.4, 0.5) is 5.69 Å². The van der Waals surface area contributed by atoms with Crippen LogP contribution in [0.1, 0.15) is 41.8 Å². The summed E-state index contributed by atoms with van der Waals surface area (Å²) in [6.45, 7) is 4.30. The predicted molar refractivity (Wildman–Crippen MR) is 166 cm³/mol. The largest absolute Gasteiger partial charge is 0.497 e. The number of carbonyl (C=O) groups is 2. The first kappa shape index (κ1) is 29.5. The third-order valence-electron chi connectivity index (χ3n) is 6.17. The summed E-state index contributed by atoms with van der Waals surface area (Å²) in [5, 5.41) is 9.74. The summed E-state index contributed by atoms with van der Waals surface area (Å²) in [5.41, 5.74) is 2.43. The monoisotopic (exact) mass is 672 g/mol. The molecule has 0 spiro atoms. The number of hydrogen-bond acceptors (Lipinski definition) is 7. The van der Waals surface area contributed by atoms with Crippen molar-refractivity contribution in [2.45, 2.75) is 32.9 Å². The Morgan fingerprint density at radius 1 is 1.10 bits per heavy atom. The summed E-state index contributed by atoms with van der Waals surface area (Å²) in [6, 6.07) is 17.5. The summed E-state index contributed by atoms with van der Waals surface area (Å²) in [5.74, 6) is 0.778. The van der Waals surface area contributed by atoms with E-state index >= 15 is 0 Å². The fraction of sp³-hybridized carbons (Fsp3) is 0.233. The number of carbonyl (C=O) groups excluding carboxylic acids is 1. The lowest BCUT2D eigenvalue weighted by atomic mass is 10.1. The number of halogens is 1. The van der Waals surface area contributed by atoms with Crippen molar-refractivity contribution in [2.75, 3.05) is 14.2 Å². The molecule has 1 fully saturated rings. The highest BCUT2D eigenvalue weighted by atomic mass is 127. The number of hydrogen-bond donors (Lipinski definition) is 1. The van der Waals surface area contributed by atoms with E-state index in [2.05, 4.69) is 29.5 Å². The molecule has 0 aliphatic carbocycles. The second-order valence-corrected chi connectivity index (χ2v) is 11.1. The van der Waals surface area contributed by atoms with Crippen molar-refractivity contribution in [2.24, 2.45) is 4.99 Å². The molecule has 1 N–H and O–H groups in total. The van der Waals surface area contributed by atoms with Crippen LogP contribution in [0.25, 0.3) is 6.08 Å². The van der Waals surface area contributed by atoms with Gasteiger partial charge in [0.25, 0.3) is 5.91 Å². The molecule has 0 radical (unpaired) electrons. The van der Waals surface area contributed by atoms with E-state index in [1.54, 1.807) is 31.3 Å². The van der Waals surface area contributed by atoms with Gasteiger partial charge in [0, 0.05) is 0 Å². The SMILES string of the molecule is CC[C@@H](C)Oc1c(I)cc(/C=C2\SC(=Nc3ccc(OC)cc3)N(Cc3ccc(C(=O)O)cc3)C2=O)cc1OC. The highest BCUT2D eigenvalue weighted by molar-refractivity contribution is 14.1. The number of thioether (sulfide) groups is 1. The van der Waals surface area contributed by atoms with E-state index < -0.39 is 5.97 Å². The number of rotatable bonds is 10. The molecule has 3 aromatic rings. The molecule has 0 unspecified atom stereocenters. The molecule has 1 aliphatic heterocycles. The van der Waals surface area contributed by atoms with Crippen molar-refractivity contribution in [1.29, 1.82) is 0 Å². The van der Waals surface area contributed by atoms with Crippen LogP contribution in [0.5, 0.6) is 17.2 Å². The maximum absolute atomic E-state index is 13.7. The maximum atomic E-state index is 13.7. The summed E-state index contributed by atoms with van der Waals surface area (Å²) in [4.78, 5) is 31.8. The Bertz CT molecular complexity index is 1450. The number of ether oxygens (including phenoxy) is 3. The van der Waals surface area contributed by atoms with Gasteiger partial charge >= 0.3 is 5.97 Å². The zero-order valence-electron chi connectivity index (χ0n) is 22.5. The Morgan fingerprint density at radius 2 is 1.80 bits per heavy atom. The van der Waals surface area contributed by atoms with Gasteiger partial charge in [-0.05, 0) is 113 Å². The Morgan fingerprint density at radius 3 is 2.40 bits per heavy atom. The molecule has 40 heavy (non-hydrogen) atoms. The number of aromatic carboxylic acids is 1. The first-order valence-electron chi connectivity index (χ1n) is 12.5. The number of amides is 1. The van der Waals surface area contributed by atoms with E-state index in [0.717, 1.165) is 21.1 Å². The normalized spacial score (nSPS) is 15.9. The van der Waals surface area contributed by atoms with E-state index in [9.17, 15) is 14.7 Å². The van der Waals surface area contributed by atoms with Crippen molar-refractivity contribution in [3.8, 4) is 17.2 Å². The molecule has 8 nitrogen and oxygen atoms in total. The zero-order chi connectivity index (χ0) is 28.8. The number of carboxylic acid groups (broad SMARTS) is 1. The van der Waals surface area contributed by atoms with Crippen molar-refractivity contribution in [1.82, 2.24) is 4.90 Å². The van der Waals surface area contributed by atoms with E-state index in [4.69, 9.17) is 19.2 Å². The Kier molecular flexibility index (Phi) is 9.75. The fourth-order valence-corrected chi connectivity index (χ4v) is 5.56. The van der Waals surface area contributed by atoms with Gasteiger partial charge in [0.1, 0.15) is 5.75 Å². The smallest absolute Gasteiger partial charge is 0.335 e. The number of carboxylic acids is 1. The number of aliphatic imine (C=N–C) groups is 1. The van der Waals surface area contributed by atoms with Gasteiger partial charge in [-0.25, -0.2) is 9.79 Å². The van der Waals surface area contributed by atoms with Gasteiger partial charge < -0.3 is 19.3 Å². The second-order valence-electron chi connectivity index (χ2n) is 8.97. The minimum absolute atomic E-state index is 0.0356. The average molecular weight is 673 g/mol. The number of benzene rings is 3. The van der Waals surface area contributed by atoms with Gasteiger partial charge in [0.05, 0.1) is 46.6 Å². The Balaban J connectivity index is 1.69. The van der Waals surface area contributed by atoms with Crippen LogP contribution in [0.3, 0.4) is 0 Å². The van der Waals surface area contributed by atoms with Crippen LogP contribution in [0.15, 0.2) is 70.6 Å². The molecule has 1 heterocycles. The van der Waals surface area contributed by atoms with Crippen molar-refractivity contribution in [3.63, 3.8) is 0 Å². The Labute approximate surface area is 251 Å². The maximum Gasteiger partial charge on any atom is 0.335 e. The summed E-state index contributed by atoms with van der Waals surface area (Å²) < 4.78 is 17.8. The minimum atomic E-state index is -1.00. The molecule has 1 amide bonds. The minimum Gasteiger partial charge on any atom is -0.497 e. The lowest BCUT2D eigenvalue weighted by Gasteiger charge is -2.17. The molecule has 0 saturated carbocycles. The molecular weight excluding hydrogens is 643 g/mol. The van der Waals surface area contributed by atoms with Crippen LogP contribution in [0.2, 0.25) is 0 Å². The highest BCUT2D eigenvalue weighted by Gasteiger charge is 2.33. The van der Waals surface area contributed by atoms with Gasteiger partial charge in [-0.15, -0.1) is 0 Å². The zero-order valence-corrected chi connectivity index (χ0v) is 25.5. The first-order chi connectivity index (χ1) is 19.2. The van der Waals surface area contributed by atoms with E-state index in [0.29, 0.717) is 33.0 Å². The van der Waals surface area contributed by atoms with E-state index in [-0.39, 0.29) is 24.1 Å². The molecule has 1 atom stereocenters. The Hall–Kier alpha value is -3.51. The topological polar surface area (TPSA) is 97.7 Å². The number of methoxy groups -OCH3 is 2. The lowest BCUT2D eigenvalue weighted by Crippen LogP contribution is -2.28. The molecule has 4 rings (SSSR count). The van der Waals surface area contributed by atoms with Gasteiger partial charge in [0.2, 0.25) is 0 Å². The van der Waals surface area contributed by atoms with Crippen LogP contribution in [-0.4, -0.2) is 47.4 Å². The third kappa shape index (κ3) is 6.97. The average Bonchev–Trinajstić information content (AvgIpc) is 3.23. The summed E-state index contributed by atoms with van der Waals surface area (Å²) in [7, 11) is 3.19. The molecule has 0 aromatic heterocycles. The van der Waals surface area contributed by atoms with Gasteiger partial charge in [-0.1, -0.05) is 19.1 Å². The first-order valence-corrected chi connectivity index (χ1v) is 14.4. The second kappa shape index (κ2) is 13.2. The summed E-state index contributed by atoms with van der Waals surface area (Å²) in [6.07, 6.45) is 2.72. The molecule has 1 aliphatic rings. The number of nitrogens with zero attached hydrogens (tertiary/aromatic N) is 2. The molecule has 208 valence electrons. The molecule has 0 bridgehead atoms. The van der Waals surface area contributed by atoms with E-state index in [1.165, 1.54) is 23.9 Å². The van der Waals surface area contributed by atoms with Crippen LogP contribution >= 0.6 is 34.4 Å². The molecule has 3 aromatic carbocycles. The van der Waals surface area contributed by atoms with Gasteiger partial charge in [0.15, 0.2) is 16.7 Å². The quantitative estimate of drug-likeness (QED) is 0.183. The van der Waals surface area contributed by atoms with Crippen LogP contribution in [0, 0.1) is 3.57 Å². The van der Waals surface area contributed by atoms with Crippen LogP contribution in [-0.2, 0) is 11.3 Å². The fourth-order valence-electron chi connectivity index (χ4n) is 3.81. The van der Waals surface area contributed by atoms with Gasteiger partial charge in [-0.3, -0.25) is 9.69 Å². The van der Waals surface area contributed by atoms with Crippen LogP contribution < -0.4 is 14.2 Å². The van der Waals surface area contributed by atoms with Gasteiger partial charge in [-0.2, -0.15) is 0 Å². The molecule has 10 heteroatoms. The molecule has 1 saturated heterocycles. The molecular formula is C30H29IN2O6S. The standard InChI is InChI=1S/C30H29IN2O6S/c1-5-18(2)39-27-24(31)14-20(15-25(27)38-4)16-26-28(34)33(17-19-6-8-21(9-7-19)29(35)36)30(40-26)32-22-10-12-23(37-3)13-11-22/h6-16,18H,5,17H2,1-4H3,(H,35,36)/b26-16-,32-30?/t18-/m1/s1. The van der Waals surface area contributed by atoms with Crippen molar-refractivity contribution < 1.29 is 28.9 Å². The van der Waals surface area contributed by atoms with E-state index in [1.807, 2.05) is 49.4 Å². The summed E-state index contributed by atoms with van der Waals surface area (Å²) >= 11 is 3.49. The van der Waals surface area contributed by atoms with Crippen molar-refractivity contribution in [3.05, 3.63) is 85.8 Å². The third-order valence-corrected chi connectivity index (χ3v) is 7.98. The highest BCUT2D eigenvalue weighted by Crippen LogP contribution is 2.39. The lowest BCUT2D eigenvalue weighted by molar-refractivity contribution is -0.122. The number of amidine groups is 1. The predicted octanol–water partition coefficient (Wildman–Crippen LogP) is 6.99.